The molecular formula is C21H23N3O2. The smallest absolute Gasteiger partial charge is 0.324 e. The molecule has 2 N–H and O–H groups in total. The van der Waals surface area contributed by atoms with E-state index in [1.807, 2.05) is 63.2 Å². The van der Waals surface area contributed by atoms with E-state index < -0.39 is 0 Å². The third kappa shape index (κ3) is 4.72. The quantitative estimate of drug-likeness (QED) is 0.680. The van der Waals surface area contributed by atoms with E-state index >= 15 is 0 Å². The normalized spacial score (nSPS) is 11.2. The van der Waals surface area contributed by atoms with Crippen LogP contribution in [0.15, 0.2) is 65.2 Å². The van der Waals surface area contributed by atoms with Crippen molar-refractivity contribution in [3.8, 4) is 0 Å². The molecule has 0 bridgehead atoms. The van der Waals surface area contributed by atoms with Crippen molar-refractivity contribution >= 4 is 17.5 Å². The minimum Gasteiger partial charge on any atom is -0.359 e. The van der Waals surface area contributed by atoms with Crippen LogP contribution in [0.3, 0.4) is 0 Å². The molecule has 0 unspecified atom stereocenters. The van der Waals surface area contributed by atoms with Crippen molar-refractivity contribution in [2.24, 2.45) is 0 Å². The molecule has 0 aliphatic rings. The topological polar surface area (TPSA) is 67.2 Å². The van der Waals surface area contributed by atoms with Gasteiger partial charge < -0.3 is 9.84 Å². The number of hydrogen-bond acceptors (Lipinski definition) is 3. The summed E-state index contributed by atoms with van der Waals surface area (Å²) in [5, 5.41) is 9.36. The Morgan fingerprint density at radius 2 is 1.62 bits per heavy atom. The van der Waals surface area contributed by atoms with Crippen molar-refractivity contribution in [1.29, 1.82) is 0 Å². The highest BCUT2D eigenvalue weighted by Gasteiger charge is 2.20. The predicted molar refractivity (Wildman–Crippen MR) is 104 cm³/mol. The Hall–Kier alpha value is -3.08. The van der Waals surface area contributed by atoms with Gasteiger partial charge in [-0.15, -0.1) is 0 Å². The standard InChI is InChI=1S/C21H23N3O2/c1-21(2,3)18-14-19(24-26-18)23-20(25)22-17-11-9-16(10-12-17)13-15-7-5-4-6-8-15/h4-12,14H,13H2,1-3H3,(H2,22,23,24,25). The first-order chi connectivity index (χ1) is 12.4. The number of carbonyl (C=O) groups is 1. The molecule has 3 rings (SSSR count). The van der Waals surface area contributed by atoms with E-state index in [-0.39, 0.29) is 11.4 Å². The number of amides is 2. The molecule has 0 atom stereocenters. The van der Waals surface area contributed by atoms with Gasteiger partial charge in [0.25, 0.3) is 0 Å². The van der Waals surface area contributed by atoms with E-state index in [0.29, 0.717) is 5.82 Å². The molecule has 0 saturated carbocycles. The number of aromatic nitrogens is 1. The molecule has 3 aromatic rings. The van der Waals surface area contributed by atoms with Crippen molar-refractivity contribution in [3.63, 3.8) is 0 Å². The number of anilines is 2. The molecule has 1 heterocycles. The Morgan fingerprint density at radius 1 is 0.962 bits per heavy atom. The van der Waals surface area contributed by atoms with Gasteiger partial charge in [0.1, 0.15) is 5.76 Å². The summed E-state index contributed by atoms with van der Waals surface area (Å²) in [6.45, 7) is 6.07. The highest BCUT2D eigenvalue weighted by Crippen LogP contribution is 2.24. The van der Waals surface area contributed by atoms with E-state index in [2.05, 4.69) is 27.9 Å². The molecule has 0 radical (unpaired) electrons. The number of nitrogens with zero attached hydrogens (tertiary/aromatic N) is 1. The van der Waals surface area contributed by atoms with Crippen molar-refractivity contribution in [3.05, 3.63) is 77.6 Å². The lowest BCUT2D eigenvalue weighted by atomic mass is 9.93. The van der Waals surface area contributed by atoms with Crippen LogP contribution >= 0.6 is 0 Å². The highest BCUT2D eigenvalue weighted by atomic mass is 16.5. The van der Waals surface area contributed by atoms with E-state index in [4.69, 9.17) is 4.52 Å². The van der Waals surface area contributed by atoms with Gasteiger partial charge in [0.05, 0.1) is 0 Å². The fourth-order valence-electron chi connectivity index (χ4n) is 2.50. The van der Waals surface area contributed by atoms with E-state index in [0.717, 1.165) is 17.9 Å². The van der Waals surface area contributed by atoms with Crippen molar-refractivity contribution in [1.82, 2.24) is 5.16 Å². The number of hydrogen-bond donors (Lipinski definition) is 2. The van der Waals surface area contributed by atoms with Crippen LogP contribution in [0, 0.1) is 0 Å². The summed E-state index contributed by atoms with van der Waals surface area (Å²) < 4.78 is 5.26. The number of nitrogens with one attached hydrogen (secondary N) is 2. The van der Waals surface area contributed by atoms with Crippen molar-refractivity contribution in [2.45, 2.75) is 32.6 Å². The summed E-state index contributed by atoms with van der Waals surface area (Å²) in [6, 6.07) is 19.5. The minimum absolute atomic E-state index is 0.155. The predicted octanol–water partition coefficient (Wildman–Crippen LogP) is 5.21. The largest absolute Gasteiger partial charge is 0.359 e. The second kappa shape index (κ2) is 7.44. The van der Waals surface area contributed by atoms with Crippen LogP contribution in [-0.2, 0) is 11.8 Å². The van der Waals surface area contributed by atoms with Gasteiger partial charge in [-0.1, -0.05) is 68.4 Å². The van der Waals surface area contributed by atoms with Gasteiger partial charge in [-0.05, 0) is 29.7 Å². The summed E-state index contributed by atoms with van der Waals surface area (Å²) in [5.41, 5.74) is 3.01. The third-order valence-corrected chi connectivity index (χ3v) is 3.95. The fourth-order valence-corrected chi connectivity index (χ4v) is 2.50. The molecule has 1 aromatic heterocycles. The van der Waals surface area contributed by atoms with Crippen molar-refractivity contribution < 1.29 is 9.32 Å². The van der Waals surface area contributed by atoms with Crippen LogP contribution in [-0.4, -0.2) is 11.2 Å². The van der Waals surface area contributed by atoms with E-state index in [1.54, 1.807) is 6.07 Å². The third-order valence-electron chi connectivity index (χ3n) is 3.95. The average Bonchev–Trinajstić information content (AvgIpc) is 3.06. The van der Waals surface area contributed by atoms with Crippen LogP contribution in [0.25, 0.3) is 0 Å². The first-order valence-electron chi connectivity index (χ1n) is 8.58. The zero-order chi connectivity index (χ0) is 18.6. The Labute approximate surface area is 153 Å². The second-order valence-corrected chi connectivity index (χ2v) is 7.26. The molecule has 134 valence electrons. The Kier molecular flexibility index (Phi) is 5.07. The molecule has 2 amide bonds. The molecule has 5 heteroatoms. The first kappa shape index (κ1) is 17.7. The van der Waals surface area contributed by atoms with Crippen LogP contribution < -0.4 is 10.6 Å². The average molecular weight is 349 g/mol. The van der Waals surface area contributed by atoms with E-state index in [1.165, 1.54) is 11.1 Å². The number of rotatable bonds is 4. The SMILES string of the molecule is CC(C)(C)c1cc(NC(=O)Nc2ccc(Cc3ccccc3)cc2)no1. The maximum absolute atomic E-state index is 12.1. The van der Waals surface area contributed by atoms with Gasteiger partial charge in [-0.3, -0.25) is 5.32 Å². The Bertz CT molecular complexity index is 862. The zero-order valence-corrected chi connectivity index (χ0v) is 15.2. The Morgan fingerprint density at radius 3 is 2.23 bits per heavy atom. The second-order valence-electron chi connectivity index (χ2n) is 7.26. The van der Waals surface area contributed by atoms with E-state index in [9.17, 15) is 4.79 Å². The molecular weight excluding hydrogens is 326 g/mol. The molecule has 2 aromatic carbocycles. The van der Waals surface area contributed by atoms with Crippen LogP contribution in [0.5, 0.6) is 0 Å². The minimum atomic E-state index is -0.352. The van der Waals surface area contributed by atoms with Crippen LogP contribution in [0.4, 0.5) is 16.3 Å². The lowest BCUT2D eigenvalue weighted by Crippen LogP contribution is -2.19. The summed E-state index contributed by atoms with van der Waals surface area (Å²) in [5.74, 6) is 1.12. The van der Waals surface area contributed by atoms with Crippen molar-refractivity contribution in [2.75, 3.05) is 10.6 Å². The van der Waals surface area contributed by atoms with Gasteiger partial charge in [-0.25, -0.2) is 4.79 Å². The monoisotopic (exact) mass is 349 g/mol. The van der Waals surface area contributed by atoms with Crippen LogP contribution in [0.2, 0.25) is 0 Å². The maximum atomic E-state index is 12.1. The highest BCUT2D eigenvalue weighted by molar-refractivity contribution is 5.99. The maximum Gasteiger partial charge on any atom is 0.324 e. The summed E-state index contributed by atoms with van der Waals surface area (Å²) in [7, 11) is 0. The molecule has 0 aliphatic heterocycles. The summed E-state index contributed by atoms with van der Waals surface area (Å²) in [6.07, 6.45) is 0.863. The van der Waals surface area contributed by atoms with Gasteiger partial charge in [-0.2, -0.15) is 0 Å². The Balaban J connectivity index is 1.57. The molecule has 0 aliphatic carbocycles. The number of urea groups is 1. The van der Waals surface area contributed by atoms with Gasteiger partial charge >= 0.3 is 6.03 Å². The van der Waals surface area contributed by atoms with Gasteiger partial charge in [0.15, 0.2) is 5.82 Å². The lowest BCUT2D eigenvalue weighted by Gasteiger charge is -2.12. The van der Waals surface area contributed by atoms with Gasteiger partial charge in [0, 0.05) is 17.2 Å². The zero-order valence-electron chi connectivity index (χ0n) is 15.2. The number of benzene rings is 2. The summed E-state index contributed by atoms with van der Waals surface area (Å²) >= 11 is 0. The molecule has 26 heavy (non-hydrogen) atoms. The lowest BCUT2D eigenvalue weighted by molar-refractivity contribution is 0.262. The molecule has 0 fully saturated rings. The summed E-state index contributed by atoms with van der Waals surface area (Å²) in [4.78, 5) is 12.1. The molecule has 0 saturated heterocycles. The van der Waals surface area contributed by atoms with Gasteiger partial charge in [0.2, 0.25) is 0 Å². The molecule has 5 nitrogen and oxygen atoms in total. The molecule has 0 spiro atoms. The van der Waals surface area contributed by atoms with Crippen LogP contribution in [0.1, 0.15) is 37.7 Å². The number of carbonyl (C=O) groups excluding carboxylic acids is 1. The fraction of sp³-hybridized carbons (Fsp3) is 0.238. The first-order valence-corrected chi connectivity index (χ1v) is 8.58.